The molecule has 0 saturated carbocycles. The number of piperidine rings is 1. The number of amides is 1. The van der Waals surface area contributed by atoms with Gasteiger partial charge in [0.15, 0.2) is 11.5 Å². The summed E-state index contributed by atoms with van der Waals surface area (Å²) in [5, 5.41) is 2.86. The summed E-state index contributed by atoms with van der Waals surface area (Å²) in [5.74, 6) is 1.03. The molecule has 7 nitrogen and oxygen atoms in total. The van der Waals surface area contributed by atoms with Gasteiger partial charge in [-0.05, 0) is 37.1 Å². The molecule has 1 N–H and O–H groups in total. The van der Waals surface area contributed by atoms with Crippen LogP contribution < -0.4 is 14.8 Å². The number of benzene rings is 2. The zero-order valence-corrected chi connectivity index (χ0v) is 16.8. The van der Waals surface area contributed by atoms with E-state index in [-0.39, 0.29) is 23.5 Å². The minimum Gasteiger partial charge on any atom is -0.486 e. The number of nitrogens with one attached hydrogen (secondary N) is 1. The summed E-state index contributed by atoms with van der Waals surface area (Å²) in [6.07, 6.45) is 1.74. The summed E-state index contributed by atoms with van der Waals surface area (Å²) < 4.78 is 38.9. The number of ether oxygens (including phenoxy) is 2. The molecule has 2 aliphatic rings. The van der Waals surface area contributed by atoms with E-state index in [9.17, 15) is 13.2 Å². The summed E-state index contributed by atoms with van der Waals surface area (Å²) in [5.41, 5.74) is 0. The number of rotatable bonds is 5. The molecule has 0 radical (unpaired) electrons. The third-order valence-corrected chi connectivity index (χ3v) is 7.10. The van der Waals surface area contributed by atoms with Crippen molar-refractivity contribution in [1.29, 1.82) is 0 Å². The second kappa shape index (κ2) is 8.42. The van der Waals surface area contributed by atoms with Crippen LogP contribution in [0.5, 0.6) is 11.5 Å². The van der Waals surface area contributed by atoms with Crippen molar-refractivity contribution in [3.05, 3.63) is 54.6 Å². The summed E-state index contributed by atoms with van der Waals surface area (Å²) in [6.45, 7) is 0.919. The highest BCUT2D eigenvalue weighted by molar-refractivity contribution is 7.89. The third kappa shape index (κ3) is 4.23. The molecule has 2 aromatic rings. The first-order valence-electron chi connectivity index (χ1n) is 9.79. The summed E-state index contributed by atoms with van der Waals surface area (Å²) >= 11 is 0. The van der Waals surface area contributed by atoms with E-state index in [0.717, 1.165) is 12.8 Å². The van der Waals surface area contributed by atoms with Crippen LogP contribution in [0.3, 0.4) is 0 Å². The average Bonchev–Trinajstić information content (AvgIpc) is 2.78. The Balaban J connectivity index is 1.42. The molecule has 0 spiro atoms. The second-order valence-corrected chi connectivity index (χ2v) is 9.07. The van der Waals surface area contributed by atoms with Crippen LogP contribution in [0.15, 0.2) is 59.5 Å². The molecule has 1 fully saturated rings. The normalized spacial score (nSPS) is 22.1. The van der Waals surface area contributed by atoms with Gasteiger partial charge in [-0.1, -0.05) is 36.8 Å². The number of carbonyl (C=O) groups is 1. The molecule has 0 bridgehead atoms. The molecule has 0 aliphatic carbocycles. The minimum absolute atomic E-state index is 0.209. The molecule has 29 heavy (non-hydrogen) atoms. The van der Waals surface area contributed by atoms with Crippen molar-refractivity contribution in [3.63, 3.8) is 0 Å². The number of hydrogen-bond acceptors (Lipinski definition) is 5. The molecule has 0 unspecified atom stereocenters. The van der Waals surface area contributed by atoms with Gasteiger partial charge < -0.3 is 14.8 Å². The highest BCUT2D eigenvalue weighted by Gasteiger charge is 2.37. The highest BCUT2D eigenvalue weighted by atomic mass is 32.2. The highest BCUT2D eigenvalue weighted by Crippen LogP contribution is 2.31. The monoisotopic (exact) mass is 416 g/mol. The van der Waals surface area contributed by atoms with Crippen molar-refractivity contribution in [2.24, 2.45) is 0 Å². The zero-order chi connectivity index (χ0) is 20.3. The first kappa shape index (κ1) is 19.7. The van der Waals surface area contributed by atoms with Crippen molar-refractivity contribution in [1.82, 2.24) is 9.62 Å². The van der Waals surface area contributed by atoms with E-state index in [1.807, 2.05) is 24.3 Å². The van der Waals surface area contributed by atoms with E-state index in [4.69, 9.17) is 9.47 Å². The maximum atomic E-state index is 13.0. The maximum absolute atomic E-state index is 13.0. The standard InChI is InChI=1S/C21H24N2O5S/c24-21(22-14-16-15-27-19-11-4-5-12-20(19)28-16)18-10-6-7-13-23(18)29(25,26)17-8-2-1-3-9-17/h1-5,8-9,11-12,16,18H,6-7,10,13-15H2,(H,22,24)/t16-,18-/m1/s1. The fraction of sp³-hybridized carbons (Fsp3) is 0.381. The summed E-state index contributed by atoms with van der Waals surface area (Å²) in [7, 11) is -3.72. The second-order valence-electron chi connectivity index (χ2n) is 7.18. The van der Waals surface area contributed by atoms with Gasteiger partial charge in [0.1, 0.15) is 18.8 Å². The quantitative estimate of drug-likeness (QED) is 0.808. The fourth-order valence-corrected chi connectivity index (χ4v) is 5.36. The van der Waals surface area contributed by atoms with Crippen LogP contribution in [-0.4, -0.2) is 50.5 Å². The van der Waals surface area contributed by atoms with Crippen LogP contribution in [0.25, 0.3) is 0 Å². The topological polar surface area (TPSA) is 84.9 Å². The lowest BCUT2D eigenvalue weighted by molar-refractivity contribution is -0.126. The number of fused-ring (bicyclic) bond motifs is 1. The number of para-hydroxylation sites is 2. The Bertz CT molecular complexity index is 964. The Morgan fingerprint density at radius 3 is 2.55 bits per heavy atom. The lowest BCUT2D eigenvalue weighted by Gasteiger charge is -2.34. The van der Waals surface area contributed by atoms with Gasteiger partial charge in [0.05, 0.1) is 11.4 Å². The predicted octanol–water partition coefficient (Wildman–Crippen LogP) is 2.19. The van der Waals surface area contributed by atoms with Gasteiger partial charge in [-0.2, -0.15) is 4.31 Å². The molecule has 2 atom stereocenters. The van der Waals surface area contributed by atoms with Crippen LogP contribution in [0, 0.1) is 0 Å². The number of hydrogen-bond donors (Lipinski definition) is 1. The lowest BCUT2D eigenvalue weighted by atomic mass is 10.0. The Morgan fingerprint density at radius 2 is 1.76 bits per heavy atom. The van der Waals surface area contributed by atoms with Gasteiger partial charge in [0.25, 0.3) is 0 Å². The van der Waals surface area contributed by atoms with Gasteiger partial charge in [-0.25, -0.2) is 8.42 Å². The van der Waals surface area contributed by atoms with E-state index in [1.165, 1.54) is 4.31 Å². The van der Waals surface area contributed by atoms with Gasteiger partial charge in [-0.3, -0.25) is 4.79 Å². The molecule has 2 aromatic carbocycles. The Labute approximate surface area is 170 Å². The first-order chi connectivity index (χ1) is 14.1. The van der Waals surface area contributed by atoms with E-state index >= 15 is 0 Å². The number of nitrogens with zero attached hydrogens (tertiary/aromatic N) is 1. The van der Waals surface area contributed by atoms with Crippen molar-refractivity contribution >= 4 is 15.9 Å². The lowest BCUT2D eigenvalue weighted by Crippen LogP contribution is -2.53. The van der Waals surface area contributed by atoms with Crippen molar-refractivity contribution in [2.75, 3.05) is 19.7 Å². The van der Waals surface area contributed by atoms with Crippen LogP contribution in [0.4, 0.5) is 0 Å². The Morgan fingerprint density at radius 1 is 1.03 bits per heavy atom. The molecular weight excluding hydrogens is 392 g/mol. The predicted molar refractivity (Wildman–Crippen MR) is 107 cm³/mol. The van der Waals surface area contributed by atoms with Gasteiger partial charge in [-0.15, -0.1) is 0 Å². The van der Waals surface area contributed by atoms with Gasteiger partial charge >= 0.3 is 0 Å². The van der Waals surface area contributed by atoms with E-state index in [2.05, 4.69) is 5.32 Å². The van der Waals surface area contributed by atoms with Crippen LogP contribution in [0.1, 0.15) is 19.3 Å². The van der Waals surface area contributed by atoms with Crippen LogP contribution in [-0.2, 0) is 14.8 Å². The zero-order valence-electron chi connectivity index (χ0n) is 16.0. The molecule has 2 heterocycles. The molecular formula is C21H24N2O5S. The molecule has 0 aromatic heterocycles. The maximum Gasteiger partial charge on any atom is 0.243 e. The third-order valence-electron chi connectivity index (χ3n) is 5.18. The molecule has 1 amide bonds. The van der Waals surface area contributed by atoms with Gasteiger partial charge in [0.2, 0.25) is 15.9 Å². The number of carbonyl (C=O) groups excluding carboxylic acids is 1. The SMILES string of the molecule is O=C(NC[C@@H]1COc2ccccc2O1)[C@H]1CCCCN1S(=O)(=O)c1ccccc1. The average molecular weight is 416 g/mol. The Kier molecular flexibility index (Phi) is 5.73. The van der Waals surface area contributed by atoms with Crippen molar-refractivity contribution in [3.8, 4) is 11.5 Å². The summed E-state index contributed by atoms with van der Waals surface area (Å²) in [6, 6.07) is 14.9. The molecule has 1 saturated heterocycles. The molecule has 8 heteroatoms. The van der Waals surface area contributed by atoms with Crippen LogP contribution in [0.2, 0.25) is 0 Å². The minimum atomic E-state index is -3.72. The summed E-state index contributed by atoms with van der Waals surface area (Å²) in [4.78, 5) is 13.1. The number of sulfonamides is 1. The van der Waals surface area contributed by atoms with E-state index < -0.39 is 16.1 Å². The van der Waals surface area contributed by atoms with Crippen LogP contribution >= 0.6 is 0 Å². The fourth-order valence-electron chi connectivity index (χ4n) is 3.68. The first-order valence-corrected chi connectivity index (χ1v) is 11.2. The van der Waals surface area contributed by atoms with Crippen molar-refractivity contribution in [2.45, 2.75) is 36.3 Å². The van der Waals surface area contributed by atoms with Gasteiger partial charge in [0, 0.05) is 6.54 Å². The molecule has 154 valence electrons. The smallest absolute Gasteiger partial charge is 0.243 e. The molecule has 2 aliphatic heterocycles. The van der Waals surface area contributed by atoms with E-state index in [0.29, 0.717) is 31.1 Å². The largest absolute Gasteiger partial charge is 0.486 e. The van der Waals surface area contributed by atoms with Crippen molar-refractivity contribution < 1.29 is 22.7 Å². The van der Waals surface area contributed by atoms with E-state index in [1.54, 1.807) is 30.3 Å². The Hall–Kier alpha value is -2.58. The molecule has 4 rings (SSSR count).